The summed E-state index contributed by atoms with van der Waals surface area (Å²) in [4.78, 5) is 12.6. The number of amides is 1. The Hall–Kier alpha value is -3.23. The van der Waals surface area contributed by atoms with Crippen molar-refractivity contribution >= 4 is 44.6 Å². The van der Waals surface area contributed by atoms with Gasteiger partial charge in [-0.05, 0) is 96.7 Å². The molecule has 0 unspecified atom stereocenters. The molecule has 0 aliphatic rings. The minimum Gasteiger partial charge on any atom is -0.332 e. The topological polar surface area (TPSA) is 87.3 Å². The fourth-order valence-electron chi connectivity index (χ4n) is 3.42. The van der Waals surface area contributed by atoms with Crippen LogP contribution in [0.4, 0.5) is 11.4 Å². The third kappa shape index (κ3) is 6.65. The van der Waals surface area contributed by atoms with E-state index in [4.69, 9.17) is 12.2 Å². The molecule has 8 heteroatoms. The Morgan fingerprint density at radius 3 is 1.91 bits per heavy atom. The van der Waals surface area contributed by atoms with Crippen molar-refractivity contribution in [2.24, 2.45) is 0 Å². The van der Waals surface area contributed by atoms with Crippen molar-refractivity contribution in [3.05, 3.63) is 89.0 Å². The van der Waals surface area contributed by atoms with E-state index in [0.717, 1.165) is 16.7 Å². The largest absolute Gasteiger partial charge is 0.332 e. The highest BCUT2D eigenvalue weighted by Gasteiger charge is 2.16. The quantitative estimate of drug-likeness (QED) is 0.405. The first-order chi connectivity index (χ1) is 15.8. The Morgan fingerprint density at radius 2 is 1.38 bits per heavy atom. The van der Waals surface area contributed by atoms with Crippen molar-refractivity contribution in [2.45, 2.75) is 44.9 Å². The van der Waals surface area contributed by atoms with E-state index in [1.807, 2.05) is 32.0 Å². The maximum atomic E-state index is 12.7. The molecule has 0 aromatic heterocycles. The van der Waals surface area contributed by atoms with Gasteiger partial charge in [0.25, 0.3) is 15.9 Å². The molecule has 0 fully saturated rings. The van der Waals surface area contributed by atoms with Crippen LogP contribution in [0.15, 0.2) is 71.6 Å². The summed E-state index contributed by atoms with van der Waals surface area (Å²) in [6, 6.07) is 19.0. The number of carbonyl (C=O) groups is 1. The van der Waals surface area contributed by atoms with E-state index in [0.29, 0.717) is 16.9 Å². The molecule has 1 amide bonds. The molecule has 3 N–H and O–H groups in total. The maximum Gasteiger partial charge on any atom is 0.261 e. The number of rotatable bonds is 5. The summed E-state index contributed by atoms with van der Waals surface area (Å²) in [5.74, 6) is -0.324. The summed E-state index contributed by atoms with van der Waals surface area (Å²) in [6.45, 7) is 10.1. The van der Waals surface area contributed by atoms with Crippen LogP contribution in [0.3, 0.4) is 0 Å². The van der Waals surface area contributed by atoms with Crippen molar-refractivity contribution in [1.82, 2.24) is 5.32 Å². The highest BCUT2D eigenvalue weighted by Crippen LogP contribution is 2.22. The summed E-state index contributed by atoms with van der Waals surface area (Å²) in [5.41, 5.74) is 4.64. The second kappa shape index (κ2) is 9.95. The van der Waals surface area contributed by atoms with Gasteiger partial charge in [0.15, 0.2) is 5.11 Å². The zero-order valence-corrected chi connectivity index (χ0v) is 21.5. The van der Waals surface area contributed by atoms with E-state index in [1.54, 1.807) is 36.4 Å². The van der Waals surface area contributed by atoms with Gasteiger partial charge in [-0.15, -0.1) is 0 Å². The SMILES string of the molecule is Cc1cc(C)cc(NS(=O)(=O)c2ccc(NC(=S)NC(=O)c3ccc(C(C)(C)C)cc3)cc2)c1. The predicted molar refractivity (Wildman–Crippen MR) is 142 cm³/mol. The third-order valence-electron chi connectivity index (χ3n) is 5.14. The summed E-state index contributed by atoms with van der Waals surface area (Å²) < 4.78 is 28.1. The lowest BCUT2D eigenvalue weighted by atomic mass is 9.87. The van der Waals surface area contributed by atoms with Crippen LogP contribution in [0.5, 0.6) is 0 Å². The van der Waals surface area contributed by atoms with Crippen LogP contribution in [0.1, 0.15) is 47.8 Å². The first kappa shape index (κ1) is 25.4. The second-order valence-corrected chi connectivity index (χ2v) is 11.3. The molecular weight excluding hydrogens is 466 g/mol. The molecule has 3 aromatic carbocycles. The van der Waals surface area contributed by atoms with Crippen LogP contribution < -0.4 is 15.4 Å². The monoisotopic (exact) mass is 495 g/mol. The number of thiocarbonyl (C=S) groups is 1. The van der Waals surface area contributed by atoms with Gasteiger partial charge in [-0.25, -0.2) is 8.42 Å². The van der Waals surface area contributed by atoms with Gasteiger partial charge < -0.3 is 5.32 Å². The second-order valence-electron chi connectivity index (χ2n) is 9.24. The van der Waals surface area contributed by atoms with Gasteiger partial charge in [0.2, 0.25) is 0 Å². The Labute approximate surface area is 206 Å². The Balaban J connectivity index is 1.62. The summed E-state index contributed by atoms with van der Waals surface area (Å²) >= 11 is 5.24. The van der Waals surface area contributed by atoms with Crippen LogP contribution in [0.2, 0.25) is 0 Å². The van der Waals surface area contributed by atoms with E-state index in [2.05, 4.69) is 36.1 Å². The summed E-state index contributed by atoms with van der Waals surface area (Å²) in [5, 5.41) is 5.67. The first-order valence-electron chi connectivity index (χ1n) is 10.8. The minimum atomic E-state index is -3.74. The molecule has 0 aliphatic carbocycles. The van der Waals surface area contributed by atoms with Crippen molar-refractivity contribution < 1.29 is 13.2 Å². The molecular formula is C26H29N3O3S2. The lowest BCUT2D eigenvalue weighted by molar-refractivity contribution is 0.0977. The molecule has 0 spiro atoms. The van der Waals surface area contributed by atoms with Crippen molar-refractivity contribution in [3.8, 4) is 0 Å². The van der Waals surface area contributed by atoms with E-state index in [9.17, 15) is 13.2 Å². The molecule has 178 valence electrons. The number of sulfonamides is 1. The normalized spacial score (nSPS) is 11.6. The average Bonchev–Trinajstić information content (AvgIpc) is 2.72. The van der Waals surface area contributed by atoms with Gasteiger partial charge in [0.1, 0.15) is 0 Å². The number of hydrogen-bond acceptors (Lipinski definition) is 4. The third-order valence-corrected chi connectivity index (χ3v) is 6.74. The molecule has 0 saturated carbocycles. The Kier molecular flexibility index (Phi) is 7.43. The zero-order valence-electron chi connectivity index (χ0n) is 19.9. The summed E-state index contributed by atoms with van der Waals surface area (Å²) in [6.07, 6.45) is 0. The minimum absolute atomic E-state index is 0.00000676. The van der Waals surface area contributed by atoms with Crippen LogP contribution >= 0.6 is 12.2 Å². The standard InChI is InChI=1S/C26H29N3O3S2/c1-17-14-18(2)16-22(15-17)29-34(31,32)23-12-10-21(11-13-23)27-25(33)28-24(30)19-6-8-20(9-7-19)26(3,4)5/h6-16,29H,1-5H3,(H2,27,28,30,33). The molecule has 0 atom stereocenters. The number of anilines is 2. The van der Waals surface area contributed by atoms with Gasteiger partial charge in [-0.2, -0.15) is 0 Å². The van der Waals surface area contributed by atoms with Crippen molar-refractivity contribution in [3.63, 3.8) is 0 Å². The molecule has 34 heavy (non-hydrogen) atoms. The zero-order chi connectivity index (χ0) is 25.1. The Morgan fingerprint density at radius 1 is 0.824 bits per heavy atom. The van der Waals surface area contributed by atoms with Gasteiger partial charge in [-0.3, -0.25) is 14.8 Å². The number of nitrogens with one attached hydrogen (secondary N) is 3. The van der Waals surface area contributed by atoms with Crippen LogP contribution in [0, 0.1) is 13.8 Å². The highest BCUT2D eigenvalue weighted by atomic mass is 32.2. The summed E-state index contributed by atoms with van der Waals surface area (Å²) in [7, 11) is -3.74. The molecule has 3 aromatic rings. The van der Waals surface area contributed by atoms with Crippen molar-refractivity contribution in [2.75, 3.05) is 10.0 Å². The smallest absolute Gasteiger partial charge is 0.261 e. The number of benzene rings is 3. The Bertz CT molecular complexity index is 1290. The molecule has 0 saturated heterocycles. The van der Waals surface area contributed by atoms with Gasteiger partial charge in [0.05, 0.1) is 4.90 Å². The van der Waals surface area contributed by atoms with E-state index in [-0.39, 0.29) is 21.3 Å². The molecule has 0 radical (unpaired) electrons. The average molecular weight is 496 g/mol. The fourth-order valence-corrected chi connectivity index (χ4v) is 4.68. The lowest BCUT2D eigenvalue weighted by Gasteiger charge is -2.19. The highest BCUT2D eigenvalue weighted by molar-refractivity contribution is 7.92. The van der Waals surface area contributed by atoms with Gasteiger partial charge in [-0.1, -0.05) is 39.0 Å². The van der Waals surface area contributed by atoms with E-state index in [1.165, 1.54) is 12.1 Å². The van der Waals surface area contributed by atoms with Crippen LogP contribution in [0.25, 0.3) is 0 Å². The number of hydrogen-bond donors (Lipinski definition) is 3. The predicted octanol–water partition coefficient (Wildman–Crippen LogP) is 5.53. The number of aryl methyl sites for hydroxylation is 2. The van der Waals surface area contributed by atoms with E-state index >= 15 is 0 Å². The van der Waals surface area contributed by atoms with Crippen LogP contribution in [-0.2, 0) is 15.4 Å². The molecule has 0 heterocycles. The molecule has 0 aliphatic heterocycles. The van der Waals surface area contributed by atoms with E-state index < -0.39 is 10.0 Å². The van der Waals surface area contributed by atoms with Gasteiger partial charge >= 0.3 is 0 Å². The van der Waals surface area contributed by atoms with Crippen LogP contribution in [-0.4, -0.2) is 19.4 Å². The first-order valence-corrected chi connectivity index (χ1v) is 12.7. The number of carbonyl (C=O) groups excluding carboxylic acids is 1. The maximum absolute atomic E-state index is 12.7. The fraction of sp³-hybridized carbons (Fsp3) is 0.231. The molecule has 0 bridgehead atoms. The molecule has 6 nitrogen and oxygen atoms in total. The lowest BCUT2D eigenvalue weighted by Crippen LogP contribution is -2.34. The van der Waals surface area contributed by atoms with Crippen molar-refractivity contribution in [1.29, 1.82) is 0 Å². The van der Waals surface area contributed by atoms with Gasteiger partial charge in [0, 0.05) is 16.9 Å². The molecule has 3 rings (SSSR count).